The molecule has 2 rings (SSSR count). The average molecular weight is 195 g/mol. The van der Waals surface area contributed by atoms with Crippen molar-refractivity contribution < 1.29 is 4.74 Å². The number of morpholine rings is 1. The van der Waals surface area contributed by atoms with E-state index < -0.39 is 0 Å². The van der Waals surface area contributed by atoms with Crippen molar-refractivity contribution in [1.82, 2.24) is 9.97 Å². The average Bonchev–Trinajstić information content (AvgIpc) is 2.23. The monoisotopic (exact) mass is 195 g/mol. The fourth-order valence-corrected chi connectivity index (χ4v) is 1.47. The van der Waals surface area contributed by atoms with Crippen LogP contribution < -0.4 is 10.5 Å². The number of hydrogen-bond acceptors (Lipinski definition) is 4. The maximum absolute atomic E-state index is 11.5. The van der Waals surface area contributed by atoms with E-state index >= 15 is 0 Å². The summed E-state index contributed by atoms with van der Waals surface area (Å²) in [6.45, 7) is 4.66. The molecule has 1 aromatic heterocycles. The van der Waals surface area contributed by atoms with Crippen LogP contribution in [-0.2, 0) is 4.74 Å². The Morgan fingerprint density at radius 1 is 1.50 bits per heavy atom. The SMILES string of the molecule is Cc1c[nH]c(=O)c(N2CCOCC2)n1. The molecule has 0 bridgehead atoms. The molecule has 1 fully saturated rings. The van der Waals surface area contributed by atoms with E-state index in [4.69, 9.17) is 4.74 Å². The largest absolute Gasteiger partial charge is 0.378 e. The fraction of sp³-hybridized carbons (Fsp3) is 0.556. The summed E-state index contributed by atoms with van der Waals surface area (Å²) in [5.74, 6) is 0.508. The predicted molar refractivity (Wildman–Crippen MR) is 52.6 cm³/mol. The van der Waals surface area contributed by atoms with Gasteiger partial charge in [-0.3, -0.25) is 4.79 Å². The first-order valence-corrected chi connectivity index (χ1v) is 4.66. The van der Waals surface area contributed by atoms with Gasteiger partial charge in [0, 0.05) is 19.3 Å². The van der Waals surface area contributed by atoms with Crippen LogP contribution in [0.25, 0.3) is 0 Å². The summed E-state index contributed by atoms with van der Waals surface area (Å²) in [6.07, 6.45) is 1.62. The van der Waals surface area contributed by atoms with Crippen molar-refractivity contribution in [1.29, 1.82) is 0 Å². The topological polar surface area (TPSA) is 58.2 Å². The van der Waals surface area contributed by atoms with Crippen molar-refractivity contribution in [3.63, 3.8) is 0 Å². The zero-order valence-electron chi connectivity index (χ0n) is 8.12. The Bertz CT molecular complexity index is 369. The lowest BCUT2D eigenvalue weighted by molar-refractivity contribution is 0.122. The van der Waals surface area contributed by atoms with Crippen LogP contribution in [0.5, 0.6) is 0 Å². The smallest absolute Gasteiger partial charge is 0.290 e. The van der Waals surface area contributed by atoms with Crippen LogP contribution in [0.1, 0.15) is 5.69 Å². The van der Waals surface area contributed by atoms with Gasteiger partial charge in [0.2, 0.25) is 0 Å². The minimum atomic E-state index is -0.127. The lowest BCUT2D eigenvalue weighted by Crippen LogP contribution is -2.40. The number of nitrogens with zero attached hydrogens (tertiary/aromatic N) is 2. The van der Waals surface area contributed by atoms with Crippen LogP contribution >= 0.6 is 0 Å². The molecular formula is C9H13N3O2. The van der Waals surface area contributed by atoms with Gasteiger partial charge in [-0.15, -0.1) is 0 Å². The molecule has 0 aromatic carbocycles. The summed E-state index contributed by atoms with van der Waals surface area (Å²) >= 11 is 0. The van der Waals surface area contributed by atoms with Crippen LogP contribution in [-0.4, -0.2) is 36.3 Å². The van der Waals surface area contributed by atoms with Crippen LogP contribution in [0.3, 0.4) is 0 Å². The Morgan fingerprint density at radius 2 is 2.21 bits per heavy atom. The maximum atomic E-state index is 11.5. The van der Waals surface area contributed by atoms with Crippen LogP contribution in [0, 0.1) is 6.92 Å². The predicted octanol–water partition coefficient (Wildman–Crippen LogP) is -0.0851. The van der Waals surface area contributed by atoms with Crippen molar-refractivity contribution in [2.75, 3.05) is 31.2 Å². The third kappa shape index (κ3) is 1.77. The second-order valence-corrected chi connectivity index (χ2v) is 3.29. The molecule has 0 radical (unpaired) electrons. The van der Waals surface area contributed by atoms with Gasteiger partial charge in [-0.1, -0.05) is 0 Å². The van der Waals surface area contributed by atoms with Gasteiger partial charge in [0.25, 0.3) is 5.56 Å². The van der Waals surface area contributed by atoms with Crippen molar-refractivity contribution in [3.05, 3.63) is 22.2 Å². The minimum absolute atomic E-state index is 0.127. The molecule has 0 amide bonds. The van der Waals surface area contributed by atoms with E-state index in [9.17, 15) is 4.79 Å². The molecule has 1 aliphatic heterocycles. The normalized spacial score (nSPS) is 17.1. The van der Waals surface area contributed by atoms with E-state index in [-0.39, 0.29) is 5.56 Å². The van der Waals surface area contributed by atoms with E-state index in [0.717, 1.165) is 18.8 Å². The zero-order valence-corrected chi connectivity index (χ0v) is 8.12. The quantitative estimate of drug-likeness (QED) is 0.680. The lowest BCUT2D eigenvalue weighted by Gasteiger charge is -2.26. The Balaban J connectivity index is 2.29. The molecule has 1 aliphatic rings. The maximum Gasteiger partial charge on any atom is 0.290 e. The Labute approximate surface area is 81.7 Å². The van der Waals surface area contributed by atoms with Gasteiger partial charge in [0.1, 0.15) is 0 Å². The summed E-state index contributed by atoms with van der Waals surface area (Å²) in [5, 5.41) is 0. The molecule has 1 saturated heterocycles. The second-order valence-electron chi connectivity index (χ2n) is 3.29. The van der Waals surface area contributed by atoms with Gasteiger partial charge >= 0.3 is 0 Å². The van der Waals surface area contributed by atoms with Crippen LogP contribution in [0.4, 0.5) is 5.82 Å². The van der Waals surface area contributed by atoms with Gasteiger partial charge < -0.3 is 14.6 Å². The molecule has 0 saturated carbocycles. The summed E-state index contributed by atoms with van der Waals surface area (Å²) in [5.41, 5.74) is 0.698. The molecule has 0 aliphatic carbocycles. The first kappa shape index (κ1) is 9.21. The number of anilines is 1. The van der Waals surface area contributed by atoms with Crippen molar-refractivity contribution in [3.8, 4) is 0 Å². The number of aryl methyl sites for hydroxylation is 1. The Morgan fingerprint density at radius 3 is 2.93 bits per heavy atom. The number of aromatic nitrogens is 2. The highest BCUT2D eigenvalue weighted by Crippen LogP contribution is 2.06. The third-order valence-electron chi connectivity index (χ3n) is 2.21. The molecule has 14 heavy (non-hydrogen) atoms. The molecule has 0 unspecified atom stereocenters. The van der Waals surface area contributed by atoms with E-state index in [1.54, 1.807) is 6.20 Å². The van der Waals surface area contributed by atoms with Gasteiger partial charge in [-0.25, -0.2) is 4.98 Å². The number of aromatic amines is 1. The van der Waals surface area contributed by atoms with Crippen molar-refractivity contribution in [2.45, 2.75) is 6.92 Å². The van der Waals surface area contributed by atoms with Gasteiger partial charge in [-0.2, -0.15) is 0 Å². The molecule has 0 atom stereocenters. The summed E-state index contributed by atoms with van der Waals surface area (Å²) in [7, 11) is 0. The van der Waals surface area contributed by atoms with Crippen LogP contribution in [0.15, 0.2) is 11.0 Å². The molecule has 76 valence electrons. The highest BCUT2D eigenvalue weighted by molar-refractivity contribution is 5.36. The number of hydrogen-bond donors (Lipinski definition) is 1. The van der Waals surface area contributed by atoms with E-state index in [0.29, 0.717) is 19.0 Å². The first-order chi connectivity index (χ1) is 6.77. The number of H-pyrrole nitrogens is 1. The highest BCUT2D eigenvalue weighted by atomic mass is 16.5. The molecule has 5 nitrogen and oxygen atoms in total. The van der Waals surface area contributed by atoms with E-state index in [2.05, 4.69) is 9.97 Å². The van der Waals surface area contributed by atoms with Gasteiger partial charge in [0.15, 0.2) is 5.82 Å². The van der Waals surface area contributed by atoms with Crippen molar-refractivity contribution >= 4 is 5.82 Å². The molecule has 5 heteroatoms. The van der Waals surface area contributed by atoms with Crippen molar-refractivity contribution in [2.24, 2.45) is 0 Å². The number of ether oxygens (including phenoxy) is 1. The van der Waals surface area contributed by atoms with E-state index in [1.807, 2.05) is 11.8 Å². The van der Waals surface area contributed by atoms with E-state index in [1.165, 1.54) is 0 Å². The zero-order chi connectivity index (χ0) is 9.97. The molecule has 0 spiro atoms. The van der Waals surface area contributed by atoms with Gasteiger partial charge in [0.05, 0.1) is 18.9 Å². The number of rotatable bonds is 1. The summed E-state index contributed by atoms with van der Waals surface area (Å²) in [4.78, 5) is 20.3. The highest BCUT2D eigenvalue weighted by Gasteiger charge is 2.15. The molecule has 2 heterocycles. The minimum Gasteiger partial charge on any atom is -0.378 e. The first-order valence-electron chi connectivity index (χ1n) is 4.66. The second kappa shape index (κ2) is 3.79. The van der Waals surface area contributed by atoms with Crippen LogP contribution in [0.2, 0.25) is 0 Å². The fourth-order valence-electron chi connectivity index (χ4n) is 1.47. The third-order valence-corrected chi connectivity index (χ3v) is 2.21. The number of nitrogens with one attached hydrogen (secondary N) is 1. The standard InChI is InChI=1S/C9H13N3O2/c1-7-6-10-9(13)8(11-7)12-2-4-14-5-3-12/h6H,2-5H2,1H3,(H,10,13). The summed E-state index contributed by atoms with van der Waals surface area (Å²) in [6, 6.07) is 0. The Hall–Kier alpha value is -1.36. The molecular weight excluding hydrogens is 182 g/mol. The van der Waals surface area contributed by atoms with Gasteiger partial charge in [-0.05, 0) is 6.92 Å². The summed E-state index contributed by atoms with van der Waals surface area (Å²) < 4.78 is 5.21. The Kier molecular flexibility index (Phi) is 2.49. The molecule has 1 N–H and O–H groups in total. The lowest BCUT2D eigenvalue weighted by atomic mass is 10.4. The molecule has 1 aromatic rings.